The average Bonchev–Trinajstić information content (AvgIpc) is 2.01. The number of carboxylic acid groups (broad SMARTS) is 1. The quantitative estimate of drug-likeness (QED) is 0.640. The van der Waals surface area contributed by atoms with E-state index >= 15 is 0 Å². The first kappa shape index (κ1) is 12.2. The molecule has 0 aliphatic carbocycles. The van der Waals surface area contributed by atoms with Crippen LogP contribution in [-0.4, -0.2) is 17.1 Å². The lowest BCUT2D eigenvalue weighted by molar-refractivity contribution is -0.141. The minimum Gasteiger partial charge on any atom is -0.480 e. The van der Waals surface area contributed by atoms with Gasteiger partial charge in [-0.15, -0.1) is 6.58 Å². The molecule has 0 spiro atoms. The standard InChI is InChI=1S/C10H19NO2/c1-5-7(2)6-10(3,4)8(11)9(12)13/h5,7-8H,1,6,11H2,2-4H3,(H,12,13)/t7?,8-/m1/s1. The second-order valence-electron chi connectivity index (χ2n) is 4.22. The van der Waals surface area contributed by atoms with Gasteiger partial charge in [-0.05, 0) is 17.8 Å². The predicted molar refractivity (Wildman–Crippen MR) is 53.4 cm³/mol. The molecule has 0 aromatic heterocycles. The molecule has 3 N–H and O–H groups in total. The Morgan fingerprint density at radius 1 is 1.69 bits per heavy atom. The van der Waals surface area contributed by atoms with Crippen LogP contribution < -0.4 is 5.73 Å². The van der Waals surface area contributed by atoms with E-state index in [0.29, 0.717) is 5.92 Å². The van der Waals surface area contributed by atoms with Crippen LogP contribution in [-0.2, 0) is 4.79 Å². The van der Waals surface area contributed by atoms with Gasteiger partial charge >= 0.3 is 5.97 Å². The first-order valence-corrected chi connectivity index (χ1v) is 4.42. The Bertz CT molecular complexity index is 199. The van der Waals surface area contributed by atoms with Gasteiger partial charge in [0.1, 0.15) is 6.04 Å². The number of hydrogen-bond donors (Lipinski definition) is 2. The summed E-state index contributed by atoms with van der Waals surface area (Å²) in [6, 6.07) is -0.810. The lowest BCUT2D eigenvalue weighted by Gasteiger charge is -2.30. The second kappa shape index (κ2) is 4.42. The van der Waals surface area contributed by atoms with Crippen molar-refractivity contribution in [3.8, 4) is 0 Å². The normalized spacial score (nSPS) is 16.3. The van der Waals surface area contributed by atoms with Crippen molar-refractivity contribution in [3.05, 3.63) is 12.7 Å². The Morgan fingerprint density at radius 3 is 2.46 bits per heavy atom. The Morgan fingerprint density at radius 2 is 2.15 bits per heavy atom. The summed E-state index contributed by atoms with van der Waals surface area (Å²) in [7, 11) is 0. The highest BCUT2D eigenvalue weighted by Crippen LogP contribution is 2.28. The highest BCUT2D eigenvalue weighted by Gasteiger charge is 2.32. The number of carboxylic acids is 1. The SMILES string of the molecule is C=CC(C)CC(C)(C)[C@H](N)C(=O)O. The predicted octanol–water partition coefficient (Wildman–Crippen LogP) is 1.64. The van der Waals surface area contributed by atoms with E-state index in [9.17, 15) is 4.79 Å². The molecule has 0 heterocycles. The summed E-state index contributed by atoms with van der Waals surface area (Å²) in [5.41, 5.74) is 5.17. The zero-order chi connectivity index (χ0) is 10.6. The maximum absolute atomic E-state index is 10.7. The topological polar surface area (TPSA) is 63.3 Å². The first-order chi connectivity index (χ1) is 5.81. The smallest absolute Gasteiger partial charge is 0.321 e. The summed E-state index contributed by atoms with van der Waals surface area (Å²) in [5.74, 6) is -0.651. The Labute approximate surface area is 79.6 Å². The average molecular weight is 185 g/mol. The molecule has 13 heavy (non-hydrogen) atoms. The minimum absolute atomic E-state index is 0.292. The molecule has 1 unspecified atom stereocenters. The van der Waals surface area contributed by atoms with Crippen LogP contribution in [0.3, 0.4) is 0 Å². The van der Waals surface area contributed by atoms with Crippen molar-refractivity contribution in [2.24, 2.45) is 17.1 Å². The monoisotopic (exact) mass is 185 g/mol. The van der Waals surface area contributed by atoms with E-state index in [0.717, 1.165) is 6.42 Å². The molecule has 0 radical (unpaired) electrons. The number of nitrogens with two attached hydrogens (primary N) is 1. The van der Waals surface area contributed by atoms with Crippen LogP contribution in [0.1, 0.15) is 27.2 Å². The third kappa shape index (κ3) is 3.59. The molecular formula is C10H19NO2. The zero-order valence-electron chi connectivity index (χ0n) is 8.58. The van der Waals surface area contributed by atoms with Gasteiger partial charge in [0.15, 0.2) is 0 Å². The molecular weight excluding hydrogens is 166 g/mol. The van der Waals surface area contributed by atoms with Crippen LogP contribution in [0.25, 0.3) is 0 Å². The second-order valence-corrected chi connectivity index (χ2v) is 4.22. The molecule has 0 saturated heterocycles. The number of allylic oxidation sites excluding steroid dienone is 1. The summed E-state index contributed by atoms with van der Waals surface area (Å²) >= 11 is 0. The van der Waals surface area contributed by atoms with Crippen LogP contribution >= 0.6 is 0 Å². The molecule has 0 aliphatic rings. The van der Waals surface area contributed by atoms with Gasteiger partial charge in [0.2, 0.25) is 0 Å². The van der Waals surface area contributed by atoms with E-state index in [1.165, 1.54) is 0 Å². The molecule has 0 saturated carbocycles. The molecule has 0 rings (SSSR count). The molecule has 3 heteroatoms. The van der Waals surface area contributed by atoms with Crippen molar-refractivity contribution in [1.82, 2.24) is 0 Å². The molecule has 76 valence electrons. The largest absolute Gasteiger partial charge is 0.480 e. The molecule has 0 aromatic carbocycles. The van der Waals surface area contributed by atoms with Crippen molar-refractivity contribution in [2.45, 2.75) is 33.2 Å². The van der Waals surface area contributed by atoms with Crippen molar-refractivity contribution in [3.63, 3.8) is 0 Å². The third-order valence-electron chi connectivity index (χ3n) is 2.36. The summed E-state index contributed by atoms with van der Waals surface area (Å²) < 4.78 is 0. The fourth-order valence-electron chi connectivity index (χ4n) is 1.37. The Kier molecular flexibility index (Phi) is 4.14. The number of hydrogen-bond acceptors (Lipinski definition) is 2. The molecule has 2 atom stereocenters. The van der Waals surface area contributed by atoms with Gasteiger partial charge in [0.25, 0.3) is 0 Å². The van der Waals surface area contributed by atoms with Gasteiger partial charge in [-0.25, -0.2) is 0 Å². The van der Waals surface area contributed by atoms with Crippen LogP contribution in [0.2, 0.25) is 0 Å². The Balaban J connectivity index is 4.37. The molecule has 0 fully saturated rings. The number of rotatable bonds is 5. The maximum Gasteiger partial charge on any atom is 0.321 e. The van der Waals surface area contributed by atoms with Gasteiger partial charge in [-0.3, -0.25) is 4.79 Å². The van der Waals surface area contributed by atoms with E-state index < -0.39 is 12.0 Å². The summed E-state index contributed by atoms with van der Waals surface area (Å²) in [4.78, 5) is 10.7. The molecule has 0 aromatic rings. The highest BCUT2D eigenvalue weighted by molar-refractivity contribution is 5.74. The van der Waals surface area contributed by atoms with E-state index in [-0.39, 0.29) is 5.41 Å². The van der Waals surface area contributed by atoms with Crippen molar-refractivity contribution in [1.29, 1.82) is 0 Å². The zero-order valence-corrected chi connectivity index (χ0v) is 8.58. The van der Waals surface area contributed by atoms with E-state index in [2.05, 4.69) is 6.58 Å². The maximum atomic E-state index is 10.7. The first-order valence-electron chi connectivity index (χ1n) is 4.42. The van der Waals surface area contributed by atoms with Crippen LogP contribution in [0.5, 0.6) is 0 Å². The van der Waals surface area contributed by atoms with E-state index in [1.807, 2.05) is 26.8 Å². The van der Waals surface area contributed by atoms with Gasteiger partial charge in [-0.1, -0.05) is 26.8 Å². The number of carbonyl (C=O) groups is 1. The number of aliphatic carboxylic acids is 1. The lowest BCUT2D eigenvalue weighted by atomic mass is 9.77. The third-order valence-corrected chi connectivity index (χ3v) is 2.36. The summed E-state index contributed by atoms with van der Waals surface area (Å²) in [6.45, 7) is 9.40. The molecule has 0 aliphatic heterocycles. The Hall–Kier alpha value is -0.830. The van der Waals surface area contributed by atoms with Crippen molar-refractivity contribution >= 4 is 5.97 Å². The molecule has 0 amide bonds. The minimum atomic E-state index is -0.943. The van der Waals surface area contributed by atoms with Crippen molar-refractivity contribution < 1.29 is 9.90 Å². The van der Waals surface area contributed by atoms with Crippen LogP contribution in [0.4, 0.5) is 0 Å². The fraction of sp³-hybridized carbons (Fsp3) is 0.700. The summed E-state index contributed by atoms with van der Waals surface area (Å²) in [6.07, 6.45) is 2.56. The van der Waals surface area contributed by atoms with E-state index in [1.54, 1.807) is 0 Å². The summed E-state index contributed by atoms with van der Waals surface area (Å²) in [5, 5.41) is 8.75. The van der Waals surface area contributed by atoms with Crippen molar-refractivity contribution in [2.75, 3.05) is 0 Å². The van der Waals surface area contributed by atoms with Crippen LogP contribution in [0.15, 0.2) is 12.7 Å². The lowest BCUT2D eigenvalue weighted by Crippen LogP contribution is -2.44. The van der Waals surface area contributed by atoms with Gasteiger partial charge in [0.05, 0.1) is 0 Å². The molecule has 0 bridgehead atoms. The van der Waals surface area contributed by atoms with Gasteiger partial charge in [-0.2, -0.15) is 0 Å². The fourth-order valence-corrected chi connectivity index (χ4v) is 1.37. The molecule has 3 nitrogen and oxygen atoms in total. The van der Waals surface area contributed by atoms with Gasteiger partial charge in [0, 0.05) is 0 Å². The van der Waals surface area contributed by atoms with Crippen LogP contribution in [0, 0.1) is 11.3 Å². The van der Waals surface area contributed by atoms with E-state index in [4.69, 9.17) is 10.8 Å². The highest BCUT2D eigenvalue weighted by atomic mass is 16.4. The van der Waals surface area contributed by atoms with Gasteiger partial charge < -0.3 is 10.8 Å².